The fourth-order valence-corrected chi connectivity index (χ4v) is 2.96. The lowest BCUT2D eigenvalue weighted by atomic mass is 10.1. The highest BCUT2D eigenvalue weighted by atomic mass is 16.4. The number of hydrogen-bond acceptors (Lipinski definition) is 3. The predicted octanol–water partition coefficient (Wildman–Crippen LogP) is 2.75. The number of nitrogens with zero attached hydrogens (tertiary/aromatic N) is 3. The van der Waals surface area contributed by atoms with Gasteiger partial charge in [0.25, 0.3) is 0 Å². The van der Waals surface area contributed by atoms with Crippen LogP contribution in [0.2, 0.25) is 0 Å². The standard InChI is InChI=1S/C13H19N3O2/c17-13(18)11-12(9-7-8-9)16(15-14-11)10-5-3-1-2-4-6-10/h9-10H,1-8H2,(H,17,18). The second-order valence-electron chi connectivity index (χ2n) is 5.49. The molecule has 18 heavy (non-hydrogen) atoms. The third-order valence-corrected chi connectivity index (χ3v) is 4.07. The summed E-state index contributed by atoms with van der Waals surface area (Å²) in [4.78, 5) is 11.2. The van der Waals surface area contributed by atoms with Crippen LogP contribution in [0.25, 0.3) is 0 Å². The molecule has 0 aromatic carbocycles. The average molecular weight is 249 g/mol. The Morgan fingerprint density at radius 2 is 1.78 bits per heavy atom. The summed E-state index contributed by atoms with van der Waals surface area (Å²) in [6, 6.07) is 0.365. The quantitative estimate of drug-likeness (QED) is 0.836. The maximum Gasteiger partial charge on any atom is 0.358 e. The highest BCUT2D eigenvalue weighted by molar-refractivity contribution is 5.86. The van der Waals surface area contributed by atoms with Crippen molar-refractivity contribution in [2.24, 2.45) is 0 Å². The number of rotatable bonds is 3. The van der Waals surface area contributed by atoms with E-state index in [0.29, 0.717) is 12.0 Å². The molecule has 2 aliphatic carbocycles. The monoisotopic (exact) mass is 249 g/mol. The molecule has 1 N–H and O–H groups in total. The van der Waals surface area contributed by atoms with Crippen LogP contribution in [0.3, 0.4) is 0 Å². The molecule has 0 unspecified atom stereocenters. The summed E-state index contributed by atoms with van der Waals surface area (Å²) >= 11 is 0. The molecule has 0 spiro atoms. The van der Waals surface area contributed by atoms with Gasteiger partial charge in [-0.3, -0.25) is 0 Å². The van der Waals surface area contributed by atoms with E-state index in [-0.39, 0.29) is 5.69 Å². The number of aromatic carboxylic acids is 1. The van der Waals surface area contributed by atoms with Crippen LogP contribution in [0, 0.1) is 0 Å². The fourth-order valence-electron chi connectivity index (χ4n) is 2.96. The molecule has 2 fully saturated rings. The van der Waals surface area contributed by atoms with Crippen molar-refractivity contribution in [1.82, 2.24) is 15.0 Å². The van der Waals surface area contributed by atoms with Gasteiger partial charge in [-0.15, -0.1) is 5.10 Å². The lowest BCUT2D eigenvalue weighted by molar-refractivity contribution is 0.0689. The Labute approximate surface area is 106 Å². The largest absolute Gasteiger partial charge is 0.476 e. The molecule has 3 rings (SSSR count). The van der Waals surface area contributed by atoms with Crippen LogP contribution < -0.4 is 0 Å². The number of carboxylic acid groups (broad SMARTS) is 1. The van der Waals surface area contributed by atoms with Crippen LogP contribution in [0.5, 0.6) is 0 Å². The van der Waals surface area contributed by atoms with Gasteiger partial charge in [-0.1, -0.05) is 30.9 Å². The Balaban J connectivity index is 1.92. The Bertz CT molecular complexity index is 443. The van der Waals surface area contributed by atoms with Gasteiger partial charge in [0.15, 0.2) is 5.69 Å². The van der Waals surface area contributed by atoms with E-state index in [9.17, 15) is 9.90 Å². The minimum absolute atomic E-state index is 0.182. The van der Waals surface area contributed by atoms with Gasteiger partial charge in [0.05, 0.1) is 11.7 Å². The third kappa shape index (κ3) is 2.13. The minimum atomic E-state index is -0.934. The lowest BCUT2D eigenvalue weighted by Gasteiger charge is -2.16. The number of carboxylic acids is 1. The van der Waals surface area contributed by atoms with Gasteiger partial charge in [-0.05, 0) is 25.7 Å². The second-order valence-corrected chi connectivity index (χ2v) is 5.49. The first kappa shape index (κ1) is 11.7. The van der Waals surface area contributed by atoms with Crippen molar-refractivity contribution < 1.29 is 9.90 Å². The van der Waals surface area contributed by atoms with Gasteiger partial charge < -0.3 is 5.11 Å². The molecule has 1 aromatic heterocycles. The first-order valence-electron chi connectivity index (χ1n) is 6.95. The maximum atomic E-state index is 11.2. The van der Waals surface area contributed by atoms with Crippen LogP contribution in [0.4, 0.5) is 0 Å². The van der Waals surface area contributed by atoms with Crippen molar-refractivity contribution in [3.63, 3.8) is 0 Å². The Hall–Kier alpha value is -1.39. The average Bonchev–Trinajstić information content (AvgIpc) is 3.14. The smallest absolute Gasteiger partial charge is 0.358 e. The number of aromatic nitrogens is 3. The van der Waals surface area contributed by atoms with Crippen LogP contribution >= 0.6 is 0 Å². The molecule has 0 radical (unpaired) electrons. The molecular weight excluding hydrogens is 230 g/mol. The van der Waals surface area contributed by atoms with Gasteiger partial charge in [-0.25, -0.2) is 9.48 Å². The number of carbonyl (C=O) groups is 1. The van der Waals surface area contributed by atoms with Gasteiger partial charge in [-0.2, -0.15) is 0 Å². The zero-order chi connectivity index (χ0) is 12.5. The zero-order valence-electron chi connectivity index (χ0n) is 10.5. The Kier molecular flexibility index (Phi) is 3.06. The van der Waals surface area contributed by atoms with E-state index < -0.39 is 5.97 Å². The van der Waals surface area contributed by atoms with Gasteiger partial charge in [0, 0.05) is 5.92 Å². The zero-order valence-corrected chi connectivity index (χ0v) is 10.5. The van der Waals surface area contributed by atoms with E-state index in [4.69, 9.17) is 0 Å². The molecule has 1 heterocycles. The highest BCUT2D eigenvalue weighted by Crippen LogP contribution is 2.43. The topological polar surface area (TPSA) is 68.0 Å². The van der Waals surface area contributed by atoms with Crippen LogP contribution in [0.1, 0.15) is 79.5 Å². The van der Waals surface area contributed by atoms with E-state index in [1.165, 1.54) is 25.7 Å². The fraction of sp³-hybridized carbons (Fsp3) is 0.769. The Morgan fingerprint density at radius 3 is 2.33 bits per heavy atom. The molecule has 0 atom stereocenters. The van der Waals surface area contributed by atoms with Gasteiger partial charge >= 0.3 is 5.97 Å². The molecular formula is C13H19N3O2. The van der Waals surface area contributed by atoms with Crippen molar-refractivity contribution >= 4 is 5.97 Å². The Morgan fingerprint density at radius 1 is 1.11 bits per heavy atom. The summed E-state index contributed by atoms with van der Waals surface area (Å²) < 4.78 is 1.94. The van der Waals surface area contributed by atoms with Crippen molar-refractivity contribution in [2.45, 2.75) is 63.3 Å². The molecule has 5 heteroatoms. The highest BCUT2D eigenvalue weighted by Gasteiger charge is 2.35. The molecule has 0 saturated heterocycles. The van der Waals surface area contributed by atoms with Gasteiger partial charge in [0.1, 0.15) is 0 Å². The first-order valence-corrected chi connectivity index (χ1v) is 6.95. The molecule has 0 bridgehead atoms. The first-order chi connectivity index (χ1) is 8.77. The molecule has 0 amide bonds. The summed E-state index contributed by atoms with van der Waals surface area (Å²) in [7, 11) is 0. The number of hydrogen-bond donors (Lipinski definition) is 1. The van der Waals surface area contributed by atoms with Crippen LogP contribution in [-0.2, 0) is 0 Å². The van der Waals surface area contributed by atoms with Gasteiger partial charge in [0.2, 0.25) is 0 Å². The molecule has 2 saturated carbocycles. The van der Waals surface area contributed by atoms with E-state index in [1.807, 2.05) is 4.68 Å². The molecule has 1 aromatic rings. The summed E-state index contributed by atoms with van der Waals surface area (Å²) in [5.41, 5.74) is 1.07. The second kappa shape index (κ2) is 4.71. The third-order valence-electron chi connectivity index (χ3n) is 4.07. The SMILES string of the molecule is O=C(O)c1nnn(C2CCCCCC2)c1C1CC1. The van der Waals surface area contributed by atoms with Crippen molar-refractivity contribution in [1.29, 1.82) is 0 Å². The minimum Gasteiger partial charge on any atom is -0.476 e. The summed E-state index contributed by atoms with van der Waals surface area (Å²) in [5.74, 6) is -0.550. The molecule has 0 aliphatic heterocycles. The predicted molar refractivity (Wildman–Crippen MR) is 65.7 cm³/mol. The normalized spacial score (nSPS) is 21.8. The van der Waals surface area contributed by atoms with Crippen molar-refractivity contribution in [3.8, 4) is 0 Å². The van der Waals surface area contributed by atoms with E-state index in [2.05, 4.69) is 10.3 Å². The summed E-state index contributed by atoms with van der Waals surface area (Å²) in [5, 5.41) is 17.2. The summed E-state index contributed by atoms with van der Waals surface area (Å²) in [6.45, 7) is 0. The van der Waals surface area contributed by atoms with Crippen LogP contribution in [0.15, 0.2) is 0 Å². The molecule has 5 nitrogen and oxygen atoms in total. The molecule has 2 aliphatic rings. The lowest BCUT2D eigenvalue weighted by Crippen LogP contribution is -2.14. The van der Waals surface area contributed by atoms with E-state index in [0.717, 1.165) is 31.4 Å². The maximum absolute atomic E-state index is 11.2. The van der Waals surface area contributed by atoms with Crippen LogP contribution in [-0.4, -0.2) is 26.1 Å². The van der Waals surface area contributed by atoms with E-state index >= 15 is 0 Å². The van der Waals surface area contributed by atoms with E-state index in [1.54, 1.807) is 0 Å². The van der Waals surface area contributed by atoms with Crippen molar-refractivity contribution in [3.05, 3.63) is 11.4 Å². The van der Waals surface area contributed by atoms with Crippen molar-refractivity contribution in [2.75, 3.05) is 0 Å². The molecule has 98 valence electrons. The summed E-state index contributed by atoms with van der Waals surface area (Å²) in [6.07, 6.45) is 9.41.